The zero-order chi connectivity index (χ0) is 22.5. The lowest BCUT2D eigenvalue weighted by Crippen LogP contribution is -2.32. The van der Waals surface area contributed by atoms with E-state index < -0.39 is 0 Å². The largest absolute Gasteiger partial charge is 0.494 e. The molecule has 32 heavy (non-hydrogen) atoms. The van der Waals surface area contributed by atoms with Crippen LogP contribution in [-0.2, 0) is 4.79 Å². The van der Waals surface area contributed by atoms with Gasteiger partial charge in [0.05, 0.1) is 23.4 Å². The van der Waals surface area contributed by atoms with Crippen molar-refractivity contribution in [1.29, 1.82) is 0 Å². The number of fused-ring (bicyclic) bond motifs is 1. The summed E-state index contributed by atoms with van der Waals surface area (Å²) in [6.07, 6.45) is -0.0249. The molecule has 1 aliphatic heterocycles. The first-order valence-electron chi connectivity index (χ1n) is 10.3. The van der Waals surface area contributed by atoms with Gasteiger partial charge in [-0.25, -0.2) is 0 Å². The second-order valence-electron chi connectivity index (χ2n) is 7.11. The first-order chi connectivity index (χ1) is 15.6. The van der Waals surface area contributed by atoms with Crippen molar-refractivity contribution >= 4 is 23.4 Å². The molecule has 0 aromatic heterocycles. The predicted octanol–water partition coefficient (Wildman–Crippen LogP) is 4.50. The zero-order valence-corrected chi connectivity index (χ0v) is 17.5. The number of para-hydroxylation sites is 2. The molecule has 162 valence electrons. The third-order valence-electron chi connectivity index (χ3n) is 4.96. The molecule has 0 fully saturated rings. The predicted molar refractivity (Wildman–Crippen MR) is 119 cm³/mol. The molecule has 1 heterocycles. The number of nitrogens with one attached hydrogen (secondary N) is 1. The Kier molecular flexibility index (Phi) is 6.17. The Hall–Kier alpha value is -4.13. The fourth-order valence-electron chi connectivity index (χ4n) is 3.42. The highest BCUT2D eigenvalue weighted by Gasteiger charge is 2.34. The molecular formula is C25H22N2O5. The minimum atomic E-state index is -0.377. The summed E-state index contributed by atoms with van der Waals surface area (Å²) in [4.78, 5) is 38.5. The number of imide groups is 1. The molecule has 0 unspecified atom stereocenters. The van der Waals surface area contributed by atoms with Crippen molar-refractivity contribution in [2.24, 2.45) is 0 Å². The molecule has 0 saturated heterocycles. The summed E-state index contributed by atoms with van der Waals surface area (Å²) in [5.41, 5.74) is 1.23. The van der Waals surface area contributed by atoms with E-state index in [4.69, 9.17) is 9.47 Å². The van der Waals surface area contributed by atoms with Crippen molar-refractivity contribution in [3.05, 3.63) is 83.9 Å². The minimum absolute atomic E-state index is 0.0000940. The summed E-state index contributed by atoms with van der Waals surface area (Å²) in [7, 11) is 0. The lowest BCUT2D eigenvalue weighted by atomic mass is 10.1. The standard InChI is InChI=1S/C25H22N2O5/c1-2-31-17-11-13-18(14-12-17)32-22-10-6-5-9-21(22)26-23(28)15-16-27-24(29)19-7-3-4-8-20(19)25(27)30/h3-14H,2,15-16H2,1H3,(H,26,28). The minimum Gasteiger partial charge on any atom is -0.494 e. The SMILES string of the molecule is CCOc1ccc(Oc2ccccc2NC(=O)CCN2C(=O)c3ccccc3C2=O)cc1. The molecule has 0 spiro atoms. The number of anilines is 1. The normalized spacial score (nSPS) is 12.5. The van der Waals surface area contributed by atoms with Gasteiger partial charge in [0.1, 0.15) is 11.5 Å². The third kappa shape index (κ3) is 4.46. The molecule has 3 aromatic rings. The molecule has 7 heteroatoms. The molecule has 0 atom stereocenters. The van der Waals surface area contributed by atoms with Crippen LogP contribution in [0.25, 0.3) is 0 Å². The van der Waals surface area contributed by atoms with Gasteiger partial charge in [-0.2, -0.15) is 0 Å². The van der Waals surface area contributed by atoms with Gasteiger partial charge in [0.25, 0.3) is 11.8 Å². The van der Waals surface area contributed by atoms with Gasteiger partial charge in [0.15, 0.2) is 5.75 Å². The van der Waals surface area contributed by atoms with Gasteiger partial charge in [-0.05, 0) is 55.5 Å². The quantitative estimate of drug-likeness (QED) is 0.532. The Morgan fingerprint density at radius 1 is 0.844 bits per heavy atom. The smallest absolute Gasteiger partial charge is 0.261 e. The van der Waals surface area contributed by atoms with Gasteiger partial charge in [-0.15, -0.1) is 0 Å². The van der Waals surface area contributed by atoms with Gasteiger partial charge >= 0.3 is 0 Å². The molecule has 3 aromatic carbocycles. The van der Waals surface area contributed by atoms with E-state index in [1.807, 2.05) is 19.1 Å². The Morgan fingerprint density at radius 3 is 2.09 bits per heavy atom. The molecule has 0 saturated carbocycles. The van der Waals surface area contributed by atoms with E-state index in [1.165, 1.54) is 0 Å². The van der Waals surface area contributed by atoms with Crippen LogP contribution >= 0.6 is 0 Å². The maximum absolute atomic E-state index is 12.5. The van der Waals surface area contributed by atoms with E-state index in [9.17, 15) is 14.4 Å². The van der Waals surface area contributed by atoms with Gasteiger partial charge in [0.2, 0.25) is 5.91 Å². The summed E-state index contributed by atoms with van der Waals surface area (Å²) >= 11 is 0. The first-order valence-corrected chi connectivity index (χ1v) is 10.3. The Balaban J connectivity index is 1.38. The van der Waals surface area contributed by atoms with Gasteiger partial charge < -0.3 is 14.8 Å². The second kappa shape index (κ2) is 9.34. The summed E-state index contributed by atoms with van der Waals surface area (Å²) in [6.45, 7) is 2.49. The Bertz CT molecular complexity index is 1120. The number of benzene rings is 3. The molecule has 1 aliphatic rings. The average Bonchev–Trinajstić information content (AvgIpc) is 3.05. The van der Waals surface area contributed by atoms with Crippen molar-refractivity contribution in [1.82, 2.24) is 4.90 Å². The van der Waals surface area contributed by atoms with Crippen molar-refractivity contribution in [2.75, 3.05) is 18.5 Å². The topological polar surface area (TPSA) is 84.9 Å². The second-order valence-corrected chi connectivity index (χ2v) is 7.11. The number of amides is 3. The van der Waals surface area contributed by atoms with Crippen molar-refractivity contribution in [3.8, 4) is 17.2 Å². The van der Waals surface area contributed by atoms with E-state index in [0.29, 0.717) is 34.9 Å². The molecule has 0 aliphatic carbocycles. The maximum Gasteiger partial charge on any atom is 0.261 e. The van der Waals surface area contributed by atoms with Crippen molar-refractivity contribution in [2.45, 2.75) is 13.3 Å². The van der Waals surface area contributed by atoms with Gasteiger partial charge in [-0.1, -0.05) is 24.3 Å². The van der Waals surface area contributed by atoms with Crippen molar-refractivity contribution in [3.63, 3.8) is 0 Å². The van der Waals surface area contributed by atoms with Crippen LogP contribution in [0.4, 0.5) is 5.69 Å². The number of nitrogens with zero attached hydrogens (tertiary/aromatic N) is 1. The van der Waals surface area contributed by atoms with Crippen LogP contribution in [0.5, 0.6) is 17.2 Å². The van der Waals surface area contributed by atoms with E-state index in [0.717, 1.165) is 10.6 Å². The van der Waals surface area contributed by atoms with E-state index in [2.05, 4.69) is 5.32 Å². The average molecular weight is 430 g/mol. The van der Waals surface area contributed by atoms with Crippen LogP contribution in [0.3, 0.4) is 0 Å². The Labute approximate surface area is 185 Å². The molecule has 0 radical (unpaired) electrons. The van der Waals surface area contributed by atoms with E-state index in [-0.39, 0.29) is 30.7 Å². The number of carbonyl (C=O) groups excluding carboxylic acids is 3. The number of hydrogen-bond donors (Lipinski definition) is 1. The van der Waals surface area contributed by atoms with Crippen LogP contribution < -0.4 is 14.8 Å². The monoisotopic (exact) mass is 430 g/mol. The fourth-order valence-corrected chi connectivity index (χ4v) is 3.42. The van der Waals surface area contributed by atoms with Crippen LogP contribution in [-0.4, -0.2) is 35.8 Å². The van der Waals surface area contributed by atoms with Crippen molar-refractivity contribution < 1.29 is 23.9 Å². The summed E-state index contributed by atoms with van der Waals surface area (Å²) in [5.74, 6) is 0.737. The van der Waals surface area contributed by atoms with Crippen LogP contribution in [0.1, 0.15) is 34.1 Å². The highest BCUT2D eigenvalue weighted by Crippen LogP contribution is 2.30. The number of ether oxygens (including phenoxy) is 2. The lowest BCUT2D eigenvalue weighted by molar-refractivity contribution is -0.116. The molecular weight excluding hydrogens is 408 g/mol. The van der Waals surface area contributed by atoms with Crippen LogP contribution in [0.2, 0.25) is 0 Å². The zero-order valence-electron chi connectivity index (χ0n) is 17.5. The number of hydrogen-bond acceptors (Lipinski definition) is 5. The molecule has 4 rings (SSSR count). The fraction of sp³-hybridized carbons (Fsp3) is 0.160. The summed E-state index contributed by atoms with van der Waals surface area (Å²) in [6, 6.07) is 20.9. The number of carbonyl (C=O) groups is 3. The highest BCUT2D eigenvalue weighted by atomic mass is 16.5. The lowest BCUT2D eigenvalue weighted by Gasteiger charge is -2.15. The van der Waals surface area contributed by atoms with Gasteiger partial charge in [-0.3, -0.25) is 19.3 Å². The van der Waals surface area contributed by atoms with E-state index >= 15 is 0 Å². The third-order valence-corrected chi connectivity index (χ3v) is 4.96. The van der Waals surface area contributed by atoms with E-state index in [1.54, 1.807) is 60.7 Å². The van der Waals surface area contributed by atoms with Gasteiger partial charge in [0, 0.05) is 13.0 Å². The molecule has 7 nitrogen and oxygen atoms in total. The summed E-state index contributed by atoms with van der Waals surface area (Å²) in [5, 5.41) is 2.80. The first kappa shape index (κ1) is 21.1. The molecule has 0 bridgehead atoms. The van der Waals surface area contributed by atoms with Crippen LogP contribution in [0, 0.1) is 0 Å². The summed E-state index contributed by atoms with van der Waals surface area (Å²) < 4.78 is 11.3. The van der Waals surface area contributed by atoms with Crippen LogP contribution in [0.15, 0.2) is 72.8 Å². The maximum atomic E-state index is 12.5. The highest BCUT2D eigenvalue weighted by molar-refractivity contribution is 6.21. The molecule has 3 amide bonds. The number of rotatable bonds is 8. The Morgan fingerprint density at radius 2 is 1.44 bits per heavy atom. The molecule has 1 N–H and O–H groups in total.